The number of ether oxygens (including phenoxy) is 1. The lowest BCUT2D eigenvalue weighted by molar-refractivity contribution is -0.188. The number of nitrogens with zero attached hydrogens (tertiary/aromatic N) is 2. The molecule has 3 aliphatic heterocycles. The summed E-state index contributed by atoms with van der Waals surface area (Å²) in [6, 6.07) is 2.52. The molecular formula is C21H39IN4O. The minimum atomic E-state index is 0. The normalized spacial score (nSPS) is 41.0. The maximum absolute atomic E-state index is 6.07. The van der Waals surface area contributed by atoms with E-state index in [0.717, 1.165) is 31.2 Å². The molecule has 3 heterocycles. The molecule has 5 nitrogen and oxygen atoms in total. The van der Waals surface area contributed by atoms with Gasteiger partial charge in [-0.25, -0.2) is 0 Å². The average molecular weight is 490 g/mol. The summed E-state index contributed by atoms with van der Waals surface area (Å²) >= 11 is 0. The number of hydrogen-bond acceptors (Lipinski definition) is 3. The zero-order chi connectivity index (χ0) is 18.3. The minimum Gasteiger partial charge on any atom is -0.377 e. The van der Waals surface area contributed by atoms with E-state index in [9.17, 15) is 0 Å². The minimum absolute atomic E-state index is 0. The fourth-order valence-electron chi connectivity index (χ4n) is 6.18. The topological polar surface area (TPSA) is 48.9 Å². The van der Waals surface area contributed by atoms with Gasteiger partial charge in [-0.3, -0.25) is 4.99 Å². The fraction of sp³-hybridized carbons (Fsp3) is 0.952. The second-order valence-corrected chi connectivity index (χ2v) is 9.58. The van der Waals surface area contributed by atoms with Gasteiger partial charge in [-0.2, -0.15) is 0 Å². The molecule has 6 heteroatoms. The van der Waals surface area contributed by atoms with Gasteiger partial charge in [0.05, 0.1) is 6.10 Å². The Bertz CT molecular complexity index is 526. The molecule has 2 bridgehead atoms. The van der Waals surface area contributed by atoms with Crippen LogP contribution in [0.4, 0.5) is 0 Å². The smallest absolute Gasteiger partial charge is 0.191 e. The van der Waals surface area contributed by atoms with Crippen molar-refractivity contribution in [3.8, 4) is 0 Å². The number of aliphatic imine (C=N–C) groups is 1. The summed E-state index contributed by atoms with van der Waals surface area (Å²) in [5.74, 6) is 1.67. The van der Waals surface area contributed by atoms with Crippen molar-refractivity contribution >= 4 is 29.9 Å². The van der Waals surface area contributed by atoms with Crippen LogP contribution < -0.4 is 10.6 Å². The molecule has 4 rings (SSSR count). The van der Waals surface area contributed by atoms with Crippen LogP contribution >= 0.6 is 24.0 Å². The van der Waals surface area contributed by atoms with E-state index < -0.39 is 0 Å². The molecule has 5 atom stereocenters. The summed E-state index contributed by atoms with van der Waals surface area (Å²) in [6.45, 7) is 8.59. The molecule has 2 N–H and O–H groups in total. The largest absolute Gasteiger partial charge is 0.377 e. The Morgan fingerprint density at radius 3 is 2.48 bits per heavy atom. The fourth-order valence-corrected chi connectivity index (χ4v) is 6.18. The zero-order valence-electron chi connectivity index (χ0n) is 17.5. The summed E-state index contributed by atoms with van der Waals surface area (Å²) in [7, 11) is 2.32. The van der Waals surface area contributed by atoms with Crippen molar-refractivity contribution in [1.82, 2.24) is 15.5 Å². The van der Waals surface area contributed by atoms with Crippen LogP contribution in [-0.4, -0.2) is 61.3 Å². The first-order chi connectivity index (χ1) is 12.5. The van der Waals surface area contributed by atoms with Gasteiger partial charge in [0.1, 0.15) is 0 Å². The SMILES string of the molecule is CCN=C(NC1CC2CCCC(C1)N2C)NC1C2CCCOC2C1(C)C.I. The lowest BCUT2D eigenvalue weighted by atomic mass is 9.55. The van der Waals surface area contributed by atoms with E-state index in [4.69, 9.17) is 9.73 Å². The Kier molecular flexibility index (Phi) is 7.00. The van der Waals surface area contributed by atoms with E-state index in [1.54, 1.807) is 0 Å². The molecule has 5 unspecified atom stereocenters. The third kappa shape index (κ3) is 4.13. The second-order valence-electron chi connectivity index (χ2n) is 9.58. The molecule has 0 amide bonds. The molecule has 0 radical (unpaired) electrons. The molecule has 4 aliphatic rings. The summed E-state index contributed by atoms with van der Waals surface area (Å²) in [4.78, 5) is 7.43. The Balaban J connectivity index is 0.00000210. The third-order valence-corrected chi connectivity index (χ3v) is 7.62. The van der Waals surface area contributed by atoms with Crippen LogP contribution in [0.25, 0.3) is 0 Å². The average Bonchev–Trinajstić information content (AvgIpc) is 2.60. The highest BCUT2D eigenvalue weighted by Crippen LogP contribution is 2.51. The molecule has 156 valence electrons. The Morgan fingerprint density at radius 1 is 1.11 bits per heavy atom. The molecule has 0 aromatic rings. The number of guanidine groups is 1. The van der Waals surface area contributed by atoms with Crippen molar-refractivity contribution < 1.29 is 4.74 Å². The van der Waals surface area contributed by atoms with Gasteiger partial charge in [-0.05, 0) is 52.5 Å². The summed E-state index contributed by atoms with van der Waals surface area (Å²) in [6.07, 6.45) is 9.51. The highest BCUT2D eigenvalue weighted by Gasteiger charge is 2.58. The van der Waals surface area contributed by atoms with Gasteiger partial charge >= 0.3 is 0 Å². The Morgan fingerprint density at radius 2 is 1.81 bits per heavy atom. The molecular weight excluding hydrogens is 451 g/mol. The monoisotopic (exact) mass is 490 g/mol. The van der Waals surface area contributed by atoms with Crippen molar-refractivity contribution in [2.24, 2.45) is 16.3 Å². The number of fused-ring (bicyclic) bond motifs is 3. The van der Waals surface area contributed by atoms with Gasteiger partial charge in [0.15, 0.2) is 5.96 Å². The van der Waals surface area contributed by atoms with Gasteiger partial charge < -0.3 is 20.3 Å². The molecule has 3 saturated heterocycles. The van der Waals surface area contributed by atoms with E-state index in [-0.39, 0.29) is 29.4 Å². The first kappa shape index (κ1) is 21.6. The molecule has 4 fully saturated rings. The van der Waals surface area contributed by atoms with Crippen LogP contribution in [0.5, 0.6) is 0 Å². The Hall–Kier alpha value is -0.0800. The van der Waals surface area contributed by atoms with Crippen molar-refractivity contribution in [3.63, 3.8) is 0 Å². The molecule has 0 spiro atoms. The Labute approximate surface area is 182 Å². The predicted molar refractivity (Wildman–Crippen MR) is 122 cm³/mol. The standard InChI is InChI=1S/C21H38N4O.HI/c1-5-22-20(23-14-12-15-8-6-9-16(13-14)25(15)4)24-18-17-10-7-11-26-19(17)21(18,2)3;/h14-19H,5-13H2,1-4H3,(H2,22,23,24);1H. The van der Waals surface area contributed by atoms with Crippen LogP contribution in [0, 0.1) is 11.3 Å². The van der Waals surface area contributed by atoms with Crippen LogP contribution in [0.3, 0.4) is 0 Å². The maximum Gasteiger partial charge on any atom is 0.191 e. The zero-order valence-corrected chi connectivity index (χ0v) is 19.9. The van der Waals surface area contributed by atoms with Crippen LogP contribution in [0.1, 0.15) is 65.7 Å². The summed E-state index contributed by atoms with van der Waals surface area (Å²) < 4.78 is 6.07. The van der Waals surface area contributed by atoms with Crippen molar-refractivity contribution in [2.45, 2.75) is 96.0 Å². The maximum atomic E-state index is 6.07. The molecule has 1 saturated carbocycles. The highest BCUT2D eigenvalue weighted by atomic mass is 127. The van der Waals surface area contributed by atoms with Gasteiger partial charge in [0.25, 0.3) is 0 Å². The van der Waals surface area contributed by atoms with Gasteiger partial charge in [0.2, 0.25) is 0 Å². The lowest BCUT2D eigenvalue weighted by Gasteiger charge is -2.60. The second kappa shape index (κ2) is 8.74. The molecule has 27 heavy (non-hydrogen) atoms. The van der Waals surface area contributed by atoms with E-state index in [1.807, 2.05) is 0 Å². The number of piperidine rings is 2. The highest BCUT2D eigenvalue weighted by molar-refractivity contribution is 14.0. The first-order valence-electron chi connectivity index (χ1n) is 10.9. The van der Waals surface area contributed by atoms with Crippen LogP contribution in [0.15, 0.2) is 4.99 Å². The molecule has 1 aliphatic carbocycles. The molecule has 0 aromatic heterocycles. The number of rotatable bonds is 3. The lowest BCUT2D eigenvalue weighted by Crippen LogP contribution is -2.71. The van der Waals surface area contributed by atoms with Crippen molar-refractivity contribution in [3.05, 3.63) is 0 Å². The quantitative estimate of drug-likeness (QED) is 0.362. The van der Waals surface area contributed by atoms with Gasteiger partial charge in [0, 0.05) is 48.7 Å². The van der Waals surface area contributed by atoms with E-state index in [2.05, 4.69) is 43.4 Å². The van der Waals surface area contributed by atoms with Crippen molar-refractivity contribution in [1.29, 1.82) is 0 Å². The van der Waals surface area contributed by atoms with Crippen molar-refractivity contribution in [2.75, 3.05) is 20.2 Å². The summed E-state index contributed by atoms with van der Waals surface area (Å²) in [5, 5.41) is 7.62. The van der Waals surface area contributed by atoms with E-state index in [0.29, 0.717) is 24.1 Å². The predicted octanol–water partition coefficient (Wildman–Crippen LogP) is 3.38. The number of nitrogens with one attached hydrogen (secondary N) is 2. The van der Waals surface area contributed by atoms with E-state index >= 15 is 0 Å². The third-order valence-electron chi connectivity index (χ3n) is 7.62. The van der Waals surface area contributed by atoms with Crippen LogP contribution in [-0.2, 0) is 4.74 Å². The number of halogens is 1. The van der Waals surface area contributed by atoms with Gasteiger partial charge in [-0.1, -0.05) is 20.3 Å². The van der Waals surface area contributed by atoms with E-state index in [1.165, 1.54) is 44.9 Å². The summed E-state index contributed by atoms with van der Waals surface area (Å²) in [5.41, 5.74) is 0.185. The van der Waals surface area contributed by atoms with Gasteiger partial charge in [-0.15, -0.1) is 24.0 Å². The number of hydrogen-bond donors (Lipinski definition) is 2. The first-order valence-corrected chi connectivity index (χ1v) is 10.9. The molecule has 0 aromatic carbocycles. The van der Waals surface area contributed by atoms with Crippen LogP contribution in [0.2, 0.25) is 0 Å².